The van der Waals surface area contributed by atoms with Crippen molar-refractivity contribution in [3.05, 3.63) is 35.9 Å². The molecule has 5 heteroatoms. The number of urea groups is 1. The lowest BCUT2D eigenvalue weighted by Crippen LogP contribution is -2.34. The third-order valence-electron chi connectivity index (χ3n) is 2.82. The molecule has 0 aliphatic carbocycles. The lowest BCUT2D eigenvalue weighted by Gasteiger charge is -2.13. The van der Waals surface area contributed by atoms with Crippen LogP contribution in [0.5, 0.6) is 5.88 Å². The van der Waals surface area contributed by atoms with Gasteiger partial charge in [0.25, 0.3) is 0 Å². The molecule has 0 bridgehead atoms. The normalized spacial score (nSPS) is 10.3. The first-order valence-electron chi connectivity index (χ1n) is 5.99. The number of rotatable bonds is 3. The first-order chi connectivity index (χ1) is 9.11. The zero-order chi connectivity index (χ0) is 13.8. The fourth-order valence-corrected chi connectivity index (χ4v) is 1.80. The van der Waals surface area contributed by atoms with Crippen LogP contribution < -0.4 is 10.1 Å². The van der Waals surface area contributed by atoms with Crippen LogP contribution in [0.2, 0.25) is 0 Å². The average Bonchev–Trinajstić information content (AvgIpc) is 2.43. The van der Waals surface area contributed by atoms with Gasteiger partial charge < -0.3 is 15.0 Å². The molecular weight excluding hydrogens is 242 g/mol. The number of benzene rings is 1. The molecule has 1 N–H and O–H groups in total. The Morgan fingerprint density at radius 2 is 2.11 bits per heavy atom. The van der Waals surface area contributed by atoms with Gasteiger partial charge in [-0.25, -0.2) is 9.78 Å². The van der Waals surface area contributed by atoms with Crippen molar-refractivity contribution in [3.63, 3.8) is 0 Å². The lowest BCUT2D eigenvalue weighted by atomic mass is 10.1. The van der Waals surface area contributed by atoms with E-state index in [1.807, 2.05) is 30.3 Å². The molecule has 2 amide bonds. The van der Waals surface area contributed by atoms with Crippen LogP contribution in [0.4, 0.5) is 4.79 Å². The number of para-hydroxylation sites is 1. The van der Waals surface area contributed by atoms with E-state index in [4.69, 9.17) is 4.74 Å². The predicted molar refractivity (Wildman–Crippen MR) is 74.2 cm³/mol. The zero-order valence-corrected chi connectivity index (χ0v) is 11.3. The SMILES string of the molecule is COc1cc(CNC(=O)N(C)C)c2ccccc2n1. The minimum absolute atomic E-state index is 0.125. The number of methoxy groups -OCH3 is 1. The van der Waals surface area contributed by atoms with Crippen molar-refractivity contribution in [2.75, 3.05) is 21.2 Å². The summed E-state index contributed by atoms with van der Waals surface area (Å²) in [4.78, 5) is 17.4. The molecule has 19 heavy (non-hydrogen) atoms. The Balaban J connectivity index is 2.32. The number of pyridine rings is 1. The van der Waals surface area contributed by atoms with Crippen LogP contribution in [0.15, 0.2) is 30.3 Å². The van der Waals surface area contributed by atoms with Gasteiger partial charge in [-0.15, -0.1) is 0 Å². The zero-order valence-electron chi connectivity index (χ0n) is 11.3. The first kappa shape index (κ1) is 13.1. The van der Waals surface area contributed by atoms with E-state index < -0.39 is 0 Å². The molecule has 1 aromatic carbocycles. The molecule has 0 unspecified atom stereocenters. The summed E-state index contributed by atoms with van der Waals surface area (Å²) in [6.07, 6.45) is 0. The summed E-state index contributed by atoms with van der Waals surface area (Å²) in [6, 6.07) is 9.51. The molecule has 0 aliphatic rings. The lowest BCUT2D eigenvalue weighted by molar-refractivity contribution is 0.217. The van der Waals surface area contributed by atoms with Gasteiger partial charge >= 0.3 is 6.03 Å². The second-order valence-electron chi connectivity index (χ2n) is 4.39. The molecule has 0 saturated carbocycles. The molecule has 0 aliphatic heterocycles. The van der Waals surface area contributed by atoms with Crippen LogP contribution >= 0.6 is 0 Å². The number of carbonyl (C=O) groups is 1. The quantitative estimate of drug-likeness (QED) is 0.917. The summed E-state index contributed by atoms with van der Waals surface area (Å²) >= 11 is 0. The van der Waals surface area contributed by atoms with Crippen molar-refractivity contribution < 1.29 is 9.53 Å². The van der Waals surface area contributed by atoms with E-state index in [-0.39, 0.29) is 6.03 Å². The van der Waals surface area contributed by atoms with E-state index in [2.05, 4.69) is 10.3 Å². The summed E-state index contributed by atoms with van der Waals surface area (Å²) in [5.74, 6) is 0.549. The number of fused-ring (bicyclic) bond motifs is 1. The average molecular weight is 259 g/mol. The standard InChI is InChI=1S/C14H17N3O2/c1-17(2)14(18)15-9-10-8-13(19-3)16-12-7-5-4-6-11(10)12/h4-8H,9H2,1-3H3,(H,15,18). The molecule has 5 nitrogen and oxygen atoms in total. The Morgan fingerprint density at radius 1 is 1.37 bits per heavy atom. The van der Waals surface area contributed by atoms with E-state index >= 15 is 0 Å². The van der Waals surface area contributed by atoms with Crippen LogP contribution in [-0.2, 0) is 6.54 Å². The monoisotopic (exact) mass is 259 g/mol. The molecular formula is C14H17N3O2. The van der Waals surface area contributed by atoms with E-state index in [0.29, 0.717) is 12.4 Å². The van der Waals surface area contributed by atoms with E-state index in [0.717, 1.165) is 16.5 Å². The molecule has 0 spiro atoms. The molecule has 0 radical (unpaired) electrons. The van der Waals surface area contributed by atoms with Crippen molar-refractivity contribution in [2.24, 2.45) is 0 Å². The maximum Gasteiger partial charge on any atom is 0.317 e. The highest BCUT2D eigenvalue weighted by Gasteiger charge is 2.08. The van der Waals surface area contributed by atoms with Gasteiger partial charge in [-0.1, -0.05) is 18.2 Å². The highest BCUT2D eigenvalue weighted by molar-refractivity contribution is 5.83. The largest absolute Gasteiger partial charge is 0.481 e. The fraction of sp³-hybridized carbons (Fsp3) is 0.286. The Morgan fingerprint density at radius 3 is 2.79 bits per heavy atom. The predicted octanol–water partition coefficient (Wildman–Crippen LogP) is 2.01. The summed E-state index contributed by atoms with van der Waals surface area (Å²) in [5, 5.41) is 3.86. The van der Waals surface area contributed by atoms with Crippen LogP contribution in [0, 0.1) is 0 Å². The smallest absolute Gasteiger partial charge is 0.317 e. The van der Waals surface area contributed by atoms with Crippen LogP contribution in [-0.4, -0.2) is 37.1 Å². The number of carbonyl (C=O) groups excluding carboxylic acids is 1. The van der Waals surface area contributed by atoms with Gasteiger partial charge in [0, 0.05) is 32.1 Å². The number of nitrogens with one attached hydrogen (secondary N) is 1. The van der Waals surface area contributed by atoms with Crippen molar-refractivity contribution in [3.8, 4) is 5.88 Å². The maximum absolute atomic E-state index is 11.6. The summed E-state index contributed by atoms with van der Waals surface area (Å²) < 4.78 is 5.18. The Bertz CT molecular complexity index is 596. The number of nitrogens with zero attached hydrogens (tertiary/aromatic N) is 2. The van der Waals surface area contributed by atoms with Gasteiger partial charge in [0.1, 0.15) is 0 Å². The third-order valence-corrected chi connectivity index (χ3v) is 2.82. The molecule has 0 saturated heterocycles. The van der Waals surface area contributed by atoms with Gasteiger partial charge in [-0.05, 0) is 11.6 Å². The van der Waals surface area contributed by atoms with Crippen molar-refractivity contribution in [1.29, 1.82) is 0 Å². The maximum atomic E-state index is 11.6. The molecule has 0 atom stereocenters. The van der Waals surface area contributed by atoms with Gasteiger partial charge in [-0.2, -0.15) is 0 Å². The minimum Gasteiger partial charge on any atom is -0.481 e. The number of ether oxygens (including phenoxy) is 1. The minimum atomic E-state index is -0.125. The Kier molecular flexibility index (Phi) is 3.85. The van der Waals surface area contributed by atoms with Crippen LogP contribution in [0.3, 0.4) is 0 Å². The number of aromatic nitrogens is 1. The van der Waals surface area contributed by atoms with Gasteiger partial charge in [-0.3, -0.25) is 0 Å². The van der Waals surface area contributed by atoms with Crippen molar-refractivity contribution in [1.82, 2.24) is 15.2 Å². The van der Waals surface area contributed by atoms with Crippen LogP contribution in [0.25, 0.3) is 10.9 Å². The summed E-state index contributed by atoms with van der Waals surface area (Å²) in [6.45, 7) is 0.441. The van der Waals surface area contributed by atoms with Gasteiger partial charge in [0.15, 0.2) is 0 Å². The molecule has 2 aromatic rings. The third kappa shape index (κ3) is 2.93. The highest BCUT2D eigenvalue weighted by Crippen LogP contribution is 2.21. The highest BCUT2D eigenvalue weighted by atomic mass is 16.5. The Labute approximate surface area is 112 Å². The van der Waals surface area contributed by atoms with Gasteiger partial charge in [0.05, 0.1) is 12.6 Å². The van der Waals surface area contributed by atoms with Crippen LogP contribution in [0.1, 0.15) is 5.56 Å². The molecule has 2 rings (SSSR count). The summed E-state index contributed by atoms with van der Waals surface area (Å²) in [5.41, 5.74) is 1.84. The second kappa shape index (κ2) is 5.56. The molecule has 0 fully saturated rings. The molecule has 100 valence electrons. The second-order valence-corrected chi connectivity index (χ2v) is 4.39. The van der Waals surface area contributed by atoms with Crippen molar-refractivity contribution in [2.45, 2.75) is 6.54 Å². The first-order valence-corrected chi connectivity index (χ1v) is 5.99. The van der Waals surface area contributed by atoms with E-state index in [1.54, 1.807) is 21.2 Å². The van der Waals surface area contributed by atoms with E-state index in [9.17, 15) is 4.79 Å². The molecule has 1 aromatic heterocycles. The number of amides is 2. The summed E-state index contributed by atoms with van der Waals surface area (Å²) in [7, 11) is 5.00. The van der Waals surface area contributed by atoms with E-state index in [1.165, 1.54) is 4.90 Å². The number of hydrogen-bond acceptors (Lipinski definition) is 3. The fourth-order valence-electron chi connectivity index (χ4n) is 1.80. The topological polar surface area (TPSA) is 54.5 Å². The van der Waals surface area contributed by atoms with Gasteiger partial charge in [0.2, 0.25) is 5.88 Å². The number of hydrogen-bond donors (Lipinski definition) is 1. The van der Waals surface area contributed by atoms with Crippen molar-refractivity contribution >= 4 is 16.9 Å². The Hall–Kier alpha value is -2.30. The molecule has 1 heterocycles.